The third-order valence-corrected chi connectivity index (χ3v) is 5.41. The summed E-state index contributed by atoms with van der Waals surface area (Å²) in [6.45, 7) is 4.92. The minimum absolute atomic E-state index is 0.147. The van der Waals surface area contributed by atoms with Crippen molar-refractivity contribution in [2.75, 3.05) is 19.6 Å². The van der Waals surface area contributed by atoms with E-state index < -0.39 is 0 Å². The minimum atomic E-state index is -0.243. The van der Waals surface area contributed by atoms with Crippen LogP contribution in [0.5, 0.6) is 0 Å². The van der Waals surface area contributed by atoms with Crippen molar-refractivity contribution in [1.82, 2.24) is 15.4 Å². The van der Waals surface area contributed by atoms with Crippen molar-refractivity contribution in [3.05, 3.63) is 66.1 Å². The van der Waals surface area contributed by atoms with Crippen LogP contribution < -0.4 is 5.32 Å². The Bertz CT molecular complexity index is 881. The highest BCUT2D eigenvalue weighted by atomic mass is 16.5. The first-order chi connectivity index (χ1) is 13.7. The van der Waals surface area contributed by atoms with Crippen LogP contribution in [0.3, 0.4) is 0 Å². The molecule has 1 amide bonds. The van der Waals surface area contributed by atoms with Gasteiger partial charge in [-0.05, 0) is 49.5 Å². The van der Waals surface area contributed by atoms with E-state index in [1.54, 1.807) is 24.5 Å². The Morgan fingerprint density at radius 2 is 1.96 bits per heavy atom. The van der Waals surface area contributed by atoms with Crippen LogP contribution in [0.1, 0.15) is 41.9 Å². The fraction of sp³-hybridized carbons (Fsp3) is 0.364. The van der Waals surface area contributed by atoms with E-state index in [1.165, 1.54) is 18.4 Å². The second-order valence-corrected chi connectivity index (χ2v) is 7.41. The summed E-state index contributed by atoms with van der Waals surface area (Å²) < 4.78 is 10.5. The second-order valence-electron chi connectivity index (χ2n) is 7.41. The highest BCUT2D eigenvalue weighted by molar-refractivity contribution is 5.92. The Hall–Kier alpha value is -2.86. The molecule has 1 aromatic carbocycles. The predicted molar refractivity (Wildman–Crippen MR) is 106 cm³/mol. The van der Waals surface area contributed by atoms with Gasteiger partial charge in [0.15, 0.2) is 11.5 Å². The van der Waals surface area contributed by atoms with Crippen molar-refractivity contribution in [3.63, 3.8) is 0 Å². The standard InChI is InChI=1S/C22H25N3O3/c1-16-9-11-25(12-10-16)19(17-6-3-2-4-7-17)15-23-22(26)18-14-21(28-24-18)20-8-5-13-27-20/h2-8,13-14,16,19H,9-12,15H2,1H3,(H,23,26). The third-order valence-electron chi connectivity index (χ3n) is 5.41. The van der Waals surface area contributed by atoms with E-state index in [2.05, 4.69) is 34.4 Å². The molecule has 146 valence electrons. The molecule has 1 N–H and O–H groups in total. The average Bonchev–Trinajstić information content (AvgIpc) is 3.42. The number of nitrogens with zero attached hydrogens (tertiary/aromatic N) is 2. The molecule has 4 rings (SSSR count). The number of nitrogens with one attached hydrogen (secondary N) is 1. The van der Waals surface area contributed by atoms with E-state index >= 15 is 0 Å². The number of rotatable bonds is 6. The number of carbonyl (C=O) groups excluding carboxylic acids is 1. The van der Waals surface area contributed by atoms with Crippen molar-refractivity contribution in [2.45, 2.75) is 25.8 Å². The summed E-state index contributed by atoms with van der Waals surface area (Å²) in [6.07, 6.45) is 3.93. The summed E-state index contributed by atoms with van der Waals surface area (Å²) in [5.41, 5.74) is 1.47. The largest absolute Gasteiger partial charge is 0.461 e. The van der Waals surface area contributed by atoms with E-state index in [1.807, 2.05) is 18.2 Å². The van der Waals surface area contributed by atoms with Gasteiger partial charge in [-0.25, -0.2) is 0 Å². The van der Waals surface area contributed by atoms with Crippen molar-refractivity contribution in [2.24, 2.45) is 5.92 Å². The molecule has 28 heavy (non-hydrogen) atoms. The van der Waals surface area contributed by atoms with Crippen molar-refractivity contribution >= 4 is 5.91 Å². The lowest BCUT2D eigenvalue weighted by atomic mass is 9.95. The highest BCUT2D eigenvalue weighted by Crippen LogP contribution is 2.26. The fourth-order valence-electron chi connectivity index (χ4n) is 3.67. The molecule has 6 heteroatoms. The van der Waals surface area contributed by atoms with Gasteiger partial charge in [-0.2, -0.15) is 0 Å². The van der Waals surface area contributed by atoms with Gasteiger partial charge >= 0.3 is 0 Å². The molecule has 3 heterocycles. The molecule has 0 spiro atoms. The minimum Gasteiger partial charge on any atom is -0.461 e. The van der Waals surface area contributed by atoms with Crippen molar-refractivity contribution in [3.8, 4) is 11.5 Å². The molecule has 1 saturated heterocycles. The number of carbonyl (C=O) groups is 1. The second kappa shape index (κ2) is 8.44. The summed E-state index contributed by atoms with van der Waals surface area (Å²) >= 11 is 0. The Morgan fingerprint density at radius 1 is 1.18 bits per heavy atom. The maximum atomic E-state index is 12.6. The summed E-state index contributed by atoms with van der Waals surface area (Å²) in [7, 11) is 0. The number of likely N-dealkylation sites (tertiary alicyclic amines) is 1. The SMILES string of the molecule is CC1CCN(C(CNC(=O)c2cc(-c3ccco3)on2)c2ccccc2)CC1. The summed E-state index contributed by atoms with van der Waals surface area (Å²) in [6, 6.07) is 15.6. The molecule has 3 aromatic rings. The topological polar surface area (TPSA) is 71.5 Å². The lowest BCUT2D eigenvalue weighted by Crippen LogP contribution is -2.42. The first kappa shape index (κ1) is 18.5. The van der Waals surface area contributed by atoms with Crippen LogP contribution in [-0.2, 0) is 0 Å². The Kier molecular flexibility index (Phi) is 5.58. The molecule has 2 aromatic heterocycles. The molecule has 0 radical (unpaired) electrons. The van der Waals surface area contributed by atoms with E-state index in [-0.39, 0.29) is 17.6 Å². The van der Waals surface area contributed by atoms with Crippen molar-refractivity contribution in [1.29, 1.82) is 0 Å². The Morgan fingerprint density at radius 3 is 2.68 bits per heavy atom. The summed E-state index contributed by atoms with van der Waals surface area (Å²) in [5.74, 6) is 1.52. The van der Waals surface area contributed by atoms with Gasteiger partial charge in [-0.3, -0.25) is 9.69 Å². The lowest BCUT2D eigenvalue weighted by Gasteiger charge is -2.37. The van der Waals surface area contributed by atoms with Crippen LogP contribution in [0.2, 0.25) is 0 Å². The summed E-state index contributed by atoms with van der Waals surface area (Å²) in [5, 5.41) is 6.92. The first-order valence-corrected chi connectivity index (χ1v) is 9.78. The number of hydrogen-bond donors (Lipinski definition) is 1. The van der Waals surface area contributed by atoms with Gasteiger partial charge in [-0.15, -0.1) is 0 Å². The van der Waals surface area contributed by atoms with Gasteiger partial charge in [0.05, 0.1) is 12.3 Å². The maximum absolute atomic E-state index is 12.6. The van der Waals surface area contributed by atoms with E-state index in [0.29, 0.717) is 18.1 Å². The van der Waals surface area contributed by atoms with Gasteiger partial charge in [0.1, 0.15) is 0 Å². The number of aromatic nitrogens is 1. The number of furan rings is 1. The molecular formula is C22H25N3O3. The van der Waals surface area contributed by atoms with Gasteiger partial charge in [0.2, 0.25) is 5.76 Å². The number of benzene rings is 1. The molecule has 0 bridgehead atoms. The quantitative estimate of drug-likeness (QED) is 0.697. The normalized spacial score (nSPS) is 16.8. The zero-order chi connectivity index (χ0) is 19.3. The molecule has 0 saturated carbocycles. The fourth-order valence-corrected chi connectivity index (χ4v) is 3.67. The zero-order valence-corrected chi connectivity index (χ0v) is 16.0. The maximum Gasteiger partial charge on any atom is 0.273 e. The first-order valence-electron chi connectivity index (χ1n) is 9.78. The molecule has 1 unspecified atom stereocenters. The Labute approximate surface area is 164 Å². The molecular weight excluding hydrogens is 354 g/mol. The molecule has 1 fully saturated rings. The van der Waals surface area contributed by atoms with Gasteiger partial charge < -0.3 is 14.3 Å². The number of piperidine rings is 1. The molecule has 1 aliphatic heterocycles. The van der Waals surface area contributed by atoms with Crippen LogP contribution in [-0.4, -0.2) is 35.6 Å². The zero-order valence-electron chi connectivity index (χ0n) is 16.0. The van der Waals surface area contributed by atoms with Gasteiger partial charge in [0, 0.05) is 12.6 Å². The van der Waals surface area contributed by atoms with Crippen LogP contribution in [0.25, 0.3) is 11.5 Å². The predicted octanol–water partition coefficient (Wildman–Crippen LogP) is 4.14. The average molecular weight is 379 g/mol. The van der Waals surface area contributed by atoms with Crippen LogP contribution in [0, 0.1) is 5.92 Å². The number of amides is 1. The molecule has 6 nitrogen and oxygen atoms in total. The lowest BCUT2D eigenvalue weighted by molar-refractivity contribution is 0.0904. The van der Waals surface area contributed by atoms with Gasteiger partial charge in [-0.1, -0.05) is 42.4 Å². The molecule has 1 atom stereocenters. The number of hydrogen-bond acceptors (Lipinski definition) is 5. The smallest absolute Gasteiger partial charge is 0.273 e. The highest BCUT2D eigenvalue weighted by Gasteiger charge is 2.25. The van der Waals surface area contributed by atoms with E-state index in [0.717, 1.165) is 19.0 Å². The van der Waals surface area contributed by atoms with Crippen molar-refractivity contribution < 1.29 is 13.7 Å². The van der Waals surface area contributed by atoms with Crippen LogP contribution in [0.15, 0.2) is 63.7 Å². The van der Waals surface area contributed by atoms with Crippen LogP contribution >= 0.6 is 0 Å². The molecule has 0 aliphatic carbocycles. The van der Waals surface area contributed by atoms with Crippen LogP contribution in [0.4, 0.5) is 0 Å². The van der Waals surface area contributed by atoms with E-state index in [4.69, 9.17) is 8.94 Å². The van der Waals surface area contributed by atoms with E-state index in [9.17, 15) is 4.79 Å². The van der Waals surface area contributed by atoms with Gasteiger partial charge in [0.25, 0.3) is 5.91 Å². The Balaban J connectivity index is 1.44. The summed E-state index contributed by atoms with van der Waals surface area (Å²) in [4.78, 5) is 15.1. The third kappa shape index (κ3) is 4.17. The monoisotopic (exact) mass is 379 g/mol. The molecule has 1 aliphatic rings.